The minimum atomic E-state index is -0.467. The molecular formula is C14H20N2O3. The van der Waals surface area contributed by atoms with Crippen molar-refractivity contribution in [1.82, 2.24) is 10.9 Å². The van der Waals surface area contributed by atoms with E-state index in [2.05, 4.69) is 10.9 Å². The molecule has 0 radical (unpaired) electrons. The Hall–Kier alpha value is -1.75. The molecule has 0 spiro atoms. The van der Waals surface area contributed by atoms with E-state index in [0.717, 1.165) is 35.5 Å². The van der Waals surface area contributed by atoms with E-state index >= 15 is 0 Å². The molecule has 19 heavy (non-hydrogen) atoms. The van der Waals surface area contributed by atoms with E-state index in [9.17, 15) is 4.79 Å². The summed E-state index contributed by atoms with van der Waals surface area (Å²) in [6.45, 7) is 1.94. The number of nitrogens with one attached hydrogen (secondary N) is 2. The van der Waals surface area contributed by atoms with Crippen molar-refractivity contribution < 1.29 is 14.3 Å². The van der Waals surface area contributed by atoms with Crippen molar-refractivity contribution in [3.63, 3.8) is 0 Å². The zero-order valence-electron chi connectivity index (χ0n) is 11.8. The molecule has 2 N–H and O–H groups in total. The highest BCUT2D eigenvalue weighted by atomic mass is 16.5. The first-order valence-corrected chi connectivity index (χ1v) is 6.30. The highest BCUT2D eigenvalue weighted by molar-refractivity contribution is 5.92. The molecule has 1 saturated carbocycles. The van der Waals surface area contributed by atoms with Crippen LogP contribution in [0.25, 0.3) is 0 Å². The Morgan fingerprint density at radius 1 is 1.26 bits per heavy atom. The summed E-state index contributed by atoms with van der Waals surface area (Å²) < 4.78 is 10.8. The van der Waals surface area contributed by atoms with E-state index in [1.165, 1.54) is 0 Å². The SMILES string of the molecule is CNNC(=O)C1(c2ccc(OC)c(C)c2OC)CC1. The van der Waals surface area contributed by atoms with E-state index in [1.807, 2.05) is 19.1 Å². The molecule has 0 aromatic heterocycles. The minimum absolute atomic E-state index is 0.0159. The van der Waals surface area contributed by atoms with Crippen molar-refractivity contribution in [3.8, 4) is 11.5 Å². The molecule has 0 saturated heterocycles. The van der Waals surface area contributed by atoms with E-state index in [4.69, 9.17) is 9.47 Å². The Bertz CT molecular complexity index is 496. The fourth-order valence-corrected chi connectivity index (χ4v) is 2.51. The maximum Gasteiger partial charge on any atom is 0.244 e. The number of ether oxygens (including phenoxy) is 2. The van der Waals surface area contributed by atoms with Crippen molar-refractivity contribution in [2.75, 3.05) is 21.3 Å². The van der Waals surface area contributed by atoms with Gasteiger partial charge in [-0.1, -0.05) is 6.07 Å². The standard InChI is InChI=1S/C14H20N2O3/c1-9-11(18-3)6-5-10(12(9)19-4)14(7-8-14)13(17)16-15-2/h5-6,15H,7-8H2,1-4H3,(H,16,17). The van der Waals surface area contributed by atoms with E-state index in [-0.39, 0.29) is 5.91 Å². The third kappa shape index (κ3) is 2.14. The molecule has 1 fully saturated rings. The number of benzene rings is 1. The van der Waals surface area contributed by atoms with Crippen LogP contribution in [0.15, 0.2) is 12.1 Å². The first-order valence-electron chi connectivity index (χ1n) is 6.30. The molecule has 1 aliphatic rings. The van der Waals surface area contributed by atoms with Crippen LogP contribution >= 0.6 is 0 Å². The zero-order chi connectivity index (χ0) is 14.0. The maximum atomic E-state index is 12.2. The Morgan fingerprint density at radius 3 is 2.42 bits per heavy atom. The Morgan fingerprint density at radius 2 is 1.95 bits per heavy atom. The molecule has 5 nitrogen and oxygen atoms in total. The van der Waals surface area contributed by atoms with Crippen LogP contribution in [0.1, 0.15) is 24.0 Å². The summed E-state index contributed by atoms with van der Waals surface area (Å²) in [5, 5.41) is 0. The molecule has 0 atom stereocenters. The van der Waals surface area contributed by atoms with Gasteiger partial charge >= 0.3 is 0 Å². The number of carbonyl (C=O) groups is 1. The van der Waals surface area contributed by atoms with E-state index < -0.39 is 5.41 Å². The number of carbonyl (C=O) groups excluding carboxylic acids is 1. The van der Waals surface area contributed by atoms with Crippen LogP contribution in [0.4, 0.5) is 0 Å². The average molecular weight is 264 g/mol. The van der Waals surface area contributed by atoms with Gasteiger partial charge in [0.15, 0.2) is 0 Å². The fourth-order valence-electron chi connectivity index (χ4n) is 2.51. The number of hydrazine groups is 1. The molecule has 0 unspecified atom stereocenters. The molecule has 1 aromatic rings. The van der Waals surface area contributed by atoms with Crippen LogP contribution in [0.5, 0.6) is 11.5 Å². The lowest BCUT2D eigenvalue weighted by Crippen LogP contribution is -2.41. The van der Waals surface area contributed by atoms with Crippen molar-refractivity contribution in [2.45, 2.75) is 25.2 Å². The third-order valence-electron chi connectivity index (χ3n) is 3.72. The summed E-state index contributed by atoms with van der Waals surface area (Å²) in [4.78, 5) is 12.2. The van der Waals surface area contributed by atoms with Crippen molar-refractivity contribution in [3.05, 3.63) is 23.3 Å². The normalized spacial score (nSPS) is 15.8. The minimum Gasteiger partial charge on any atom is -0.496 e. The van der Waals surface area contributed by atoms with Gasteiger partial charge in [-0.15, -0.1) is 0 Å². The number of hydrogen-bond acceptors (Lipinski definition) is 4. The second-order valence-corrected chi connectivity index (χ2v) is 4.76. The second-order valence-electron chi connectivity index (χ2n) is 4.76. The number of rotatable bonds is 5. The van der Waals surface area contributed by atoms with Crippen molar-refractivity contribution >= 4 is 5.91 Å². The number of methoxy groups -OCH3 is 2. The molecule has 1 amide bonds. The third-order valence-corrected chi connectivity index (χ3v) is 3.72. The van der Waals surface area contributed by atoms with Gasteiger partial charge in [0.05, 0.1) is 19.6 Å². The van der Waals surface area contributed by atoms with E-state index in [0.29, 0.717) is 0 Å². The Kier molecular flexibility index (Phi) is 3.66. The highest BCUT2D eigenvalue weighted by Gasteiger charge is 2.53. The van der Waals surface area contributed by atoms with Gasteiger partial charge in [0.25, 0.3) is 0 Å². The van der Waals surface area contributed by atoms with E-state index in [1.54, 1.807) is 21.3 Å². The first kappa shape index (κ1) is 13.7. The van der Waals surface area contributed by atoms with Gasteiger partial charge in [-0.2, -0.15) is 0 Å². The molecule has 2 rings (SSSR count). The Labute approximate surface area is 113 Å². The smallest absolute Gasteiger partial charge is 0.244 e. The first-order chi connectivity index (χ1) is 9.10. The molecule has 0 heterocycles. The van der Waals surface area contributed by atoms with Crippen LogP contribution < -0.4 is 20.3 Å². The summed E-state index contributed by atoms with van der Waals surface area (Å²) in [5.41, 5.74) is 6.75. The van der Waals surface area contributed by atoms with Crippen LogP contribution in [-0.4, -0.2) is 27.2 Å². The second kappa shape index (κ2) is 5.09. The molecule has 1 aliphatic carbocycles. The molecule has 1 aromatic carbocycles. The molecule has 0 aliphatic heterocycles. The quantitative estimate of drug-likeness (QED) is 0.787. The summed E-state index contributed by atoms with van der Waals surface area (Å²) >= 11 is 0. The predicted molar refractivity (Wildman–Crippen MR) is 72.4 cm³/mol. The van der Waals surface area contributed by atoms with Crippen LogP contribution in [0.3, 0.4) is 0 Å². The van der Waals surface area contributed by atoms with Crippen molar-refractivity contribution in [2.24, 2.45) is 0 Å². The van der Waals surface area contributed by atoms with Gasteiger partial charge in [-0.25, -0.2) is 5.43 Å². The van der Waals surface area contributed by atoms with Gasteiger partial charge in [0.1, 0.15) is 11.5 Å². The van der Waals surface area contributed by atoms with Crippen LogP contribution in [-0.2, 0) is 10.2 Å². The lowest BCUT2D eigenvalue weighted by Gasteiger charge is -2.20. The summed E-state index contributed by atoms with van der Waals surface area (Å²) in [6.07, 6.45) is 1.67. The molecular weight excluding hydrogens is 244 g/mol. The lowest BCUT2D eigenvalue weighted by atomic mass is 9.92. The van der Waals surface area contributed by atoms with Gasteiger partial charge in [-0.05, 0) is 25.8 Å². The number of amides is 1. The van der Waals surface area contributed by atoms with Crippen molar-refractivity contribution in [1.29, 1.82) is 0 Å². The van der Waals surface area contributed by atoms with Crippen LogP contribution in [0, 0.1) is 6.92 Å². The van der Waals surface area contributed by atoms with Gasteiger partial charge in [-0.3, -0.25) is 10.2 Å². The molecule has 104 valence electrons. The Balaban J connectivity index is 2.46. The monoisotopic (exact) mass is 264 g/mol. The predicted octanol–water partition coefficient (Wildman–Crippen LogP) is 1.29. The highest BCUT2D eigenvalue weighted by Crippen LogP contribution is 2.53. The van der Waals surface area contributed by atoms with Gasteiger partial charge in [0, 0.05) is 18.2 Å². The van der Waals surface area contributed by atoms with Crippen LogP contribution in [0.2, 0.25) is 0 Å². The molecule has 5 heteroatoms. The van der Waals surface area contributed by atoms with Gasteiger partial charge in [0.2, 0.25) is 5.91 Å². The average Bonchev–Trinajstić information content (AvgIpc) is 3.20. The maximum absolute atomic E-state index is 12.2. The summed E-state index contributed by atoms with van der Waals surface area (Å²) in [7, 11) is 4.93. The largest absolute Gasteiger partial charge is 0.496 e. The number of hydrogen-bond donors (Lipinski definition) is 2. The molecule has 0 bridgehead atoms. The topological polar surface area (TPSA) is 59.6 Å². The summed E-state index contributed by atoms with van der Waals surface area (Å²) in [5.74, 6) is 1.49. The fraction of sp³-hybridized carbons (Fsp3) is 0.500. The zero-order valence-corrected chi connectivity index (χ0v) is 11.8. The lowest BCUT2D eigenvalue weighted by molar-refractivity contribution is -0.124. The van der Waals surface area contributed by atoms with Gasteiger partial charge < -0.3 is 9.47 Å². The summed E-state index contributed by atoms with van der Waals surface area (Å²) in [6, 6.07) is 3.81.